The van der Waals surface area contributed by atoms with E-state index in [1.54, 1.807) is 31.3 Å². The summed E-state index contributed by atoms with van der Waals surface area (Å²) in [4.78, 5) is 45.1. The van der Waals surface area contributed by atoms with Crippen molar-refractivity contribution in [1.29, 1.82) is 0 Å². The molecule has 0 saturated carbocycles. The summed E-state index contributed by atoms with van der Waals surface area (Å²) in [6.45, 7) is 0.777. The third kappa shape index (κ3) is 6.58. The van der Waals surface area contributed by atoms with E-state index in [0.29, 0.717) is 48.0 Å². The Morgan fingerprint density at radius 3 is 2.38 bits per heavy atom. The highest BCUT2D eigenvalue weighted by Crippen LogP contribution is 2.17. The number of carbonyl (C=O) groups is 2. The molecule has 176 valence electrons. The van der Waals surface area contributed by atoms with E-state index < -0.39 is 4.92 Å². The fourth-order valence-electron chi connectivity index (χ4n) is 3.08. The van der Waals surface area contributed by atoms with E-state index in [0.717, 1.165) is 0 Å². The van der Waals surface area contributed by atoms with E-state index in [2.05, 4.69) is 9.97 Å². The number of non-ortho nitro benzene ring substituents is 1. The van der Waals surface area contributed by atoms with Crippen molar-refractivity contribution in [3.8, 4) is 11.5 Å². The third-order valence-electron chi connectivity index (χ3n) is 4.96. The molecule has 0 radical (unpaired) electrons. The average molecular weight is 464 g/mol. The van der Waals surface area contributed by atoms with Crippen LogP contribution in [0.15, 0.2) is 60.9 Å². The molecule has 0 N–H and O–H groups in total. The molecular weight excluding hydrogens is 440 g/mol. The molecule has 0 fully saturated rings. The molecule has 10 nitrogen and oxygen atoms in total. The zero-order chi connectivity index (χ0) is 24.5. The maximum Gasteiger partial charge on any atom is 0.269 e. The first kappa shape index (κ1) is 24.3. The number of rotatable bonds is 11. The Balaban J connectivity index is 1.46. The molecule has 0 aliphatic heterocycles. The van der Waals surface area contributed by atoms with Gasteiger partial charge in [-0.2, -0.15) is 0 Å². The van der Waals surface area contributed by atoms with Gasteiger partial charge in [-0.15, -0.1) is 0 Å². The summed E-state index contributed by atoms with van der Waals surface area (Å²) in [5, 5.41) is 10.7. The van der Waals surface area contributed by atoms with Gasteiger partial charge >= 0.3 is 0 Å². The lowest BCUT2D eigenvalue weighted by molar-refractivity contribution is -0.384. The molecule has 2 aromatic carbocycles. The summed E-state index contributed by atoms with van der Waals surface area (Å²) in [5.41, 5.74) is 0.811. The van der Waals surface area contributed by atoms with Crippen LogP contribution in [0.3, 0.4) is 0 Å². The van der Waals surface area contributed by atoms with E-state index in [1.165, 1.54) is 48.7 Å². The van der Waals surface area contributed by atoms with Crippen LogP contribution in [0.5, 0.6) is 11.5 Å². The van der Waals surface area contributed by atoms with Crippen LogP contribution in [0.4, 0.5) is 5.69 Å². The van der Waals surface area contributed by atoms with Crippen LogP contribution in [0, 0.1) is 10.1 Å². The SMILES string of the molecule is COc1cccc(C(=O)Cc2ncc(C(=O)N(C)CCCOc3ccc([N+](=O)[O-])cc3)cn2)c1. The molecule has 0 bridgehead atoms. The van der Waals surface area contributed by atoms with Gasteiger partial charge in [-0.1, -0.05) is 12.1 Å². The van der Waals surface area contributed by atoms with Crippen LogP contribution in [0.1, 0.15) is 33.0 Å². The molecule has 0 aliphatic rings. The number of Topliss-reactive ketones (excluding diaryl/α,β-unsaturated/α-hetero) is 1. The van der Waals surface area contributed by atoms with Gasteiger partial charge in [0.2, 0.25) is 0 Å². The average Bonchev–Trinajstić information content (AvgIpc) is 2.86. The summed E-state index contributed by atoms with van der Waals surface area (Å²) < 4.78 is 10.7. The molecule has 1 heterocycles. The van der Waals surface area contributed by atoms with E-state index in [4.69, 9.17) is 9.47 Å². The first-order chi connectivity index (χ1) is 16.4. The summed E-state index contributed by atoms with van der Waals surface area (Å²) in [6.07, 6.45) is 3.39. The van der Waals surface area contributed by atoms with Gasteiger partial charge in [0, 0.05) is 43.7 Å². The Hall–Kier alpha value is -4.34. The van der Waals surface area contributed by atoms with E-state index in [-0.39, 0.29) is 23.8 Å². The maximum absolute atomic E-state index is 12.6. The number of ketones is 1. The maximum atomic E-state index is 12.6. The Labute approximate surface area is 196 Å². The number of ether oxygens (including phenoxy) is 2. The lowest BCUT2D eigenvalue weighted by Gasteiger charge is -2.17. The number of methoxy groups -OCH3 is 1. The Bertz CT molecular complexity index is 1150. The molecule has 1 amide bonds. The number of nitro groups is 1. The monoisotopic (exact) mass is 464 g/mol. The number of carbonyl (C=O) groups excluding carboxylic acids is 2. The van der Waals surface area contributed by atoms with Crippen molar-refractivity contribution in [3.63, 3.8) is 0 Å². The number of aromatic nitrogens is 2. The lowest BCUT2D eigenvalue weighted by atomic mass is 10.1. The van der Waals surface area contributed by atoms with Crippen molar-refractivity contribution in [2.75, 3.05) is 27.3 Å². The van der Waals surface area contributed by atoms with Crippen LogP contribution in [-0.2, 0) is 6.42 Å². The number of hydrogen-bond donors (Lipinski definition) is 0. The largest absolute Gasteiger partial charge is 0.497 e. The summed E-state index contributed by atoms with van der Waals surface area (Å²) >= 11 is 0. The van der Waals surface area contributed by atoms with Crippen molar-refractivity contribution in [1.82, 2.24) is 14.9 Å². The normalized spacial score (nSPS) is 10.4. The van der Waals surface area contributed by atoms with Gasteiger partial charge in [0.05, 0.1) is 30.6 Å². The smallest absolute Gasteiger partial charge is 0.269 e. The highest BCUT2D eigenvalue weighted by molar-refractivity contribution is 5.97. The molecule has 0 saturated heterocycles. The summed E-state index contributed by atoms with van der Waals surface area (Å²) in [5.74, 6) is 1.04. The second-order valence-corrected chi connectivity index (χ2v) is 7.40. The summed E-state index contributed by atoms with van der Waals surface area (Å²) in [6, 6.07) is 12.7. The minimum atomic E-state index is -0.473. The van der Waals surface area contributed by atoms with Gasteiger partial charge in [0.25, 0.3) is 11.6 Å². The highest BCUT2D eigenvalue weighted by atomic mass is 16.6. The van der Waals surface area contributed by atoms with Crippen molar-refractivity contribution in [2.24, 2.45) is 0 Å². The van der Waals surface area contributed by atoms with Gasteiger partial charge in [-0.05, 0) is 30.7 Å². The van der Waals surface area contributed by atoms with Gasteiger partial charge in [0.15, 0.2) is 5.78 Å². The minimum absolute atomic E-state index is 0.00409. The highest BCUT2D eigenvalue weighted by Gasteiger charge is 2.15. The molecule has 3 rings (SSSR count). The first-order valence-corrected chi connectivity index (χ1v) is 10.5. The standard InChI is InChI=1S/C24H24N4O6/c1-27(11-4-12-34-20-9-7-19(8-10-20)28(31)32)24(30)18-15-25-23(26-16-18)14-22(29)17-5-3-6-21(13-17)33-2/h3,5-10,13,15-16H,4,11-12,14H2,1-2H3. The van der Waals surface area contributed by atoms with Gasteiger partial charge in [0.1, 0.15) is 17.3 Å². The van der Waals surface area contributed by atoms with Gasteiger partial charge < -0.3 is 14.4 Å². The van der Waals surface area contributed by atoms with E-state index >= 15 is 0 Å². The molecule has 3 aromatic rings. The fraction of sp³-hybridized carbons (Fsp3) is 0.250. The van der Waals surface area contributed by atoms with Crippen LogP contribution in [-0.4, -0.2) is 58.8 Å². The minimum Gasteiger partial charge on any atom is -0.497 e. The molecule has 0 aliphatic carbocycles. The molecular formula is C24H24N4O6. The molecule has 10 heteroatoms. The van der Waals surface area contributed by atoms with Crippen LogP contribution in [0.2, 0.25) is 0 Å². The number of nitrogens with zero attached hydrogens (tertiary/aromatic N) is 4. The van der Waals surface area contributed by atoms with Gasteiger partial charge in [-0.3, -0.25) is 19.7 Å². The van der Waals surface area contributed by atoms with Crippen molar-refractivity contribution in [2.45, 2.75) is 12.8 Å². The van der Waals surface area contributed by atoms with Crippen LogP contribution < -0.4 is 9.47 Å². The van der Waals surface area contributed by atoms with Crippen molar-refractivity contribution in [3.05, 3.63) is 88.0 Å². The fourth-order valence-corrected chi connectivity index (χ4v) is 3.08. The lowest BCUT2D eigenvalue weighted by Crippen LogP contribution is -2.29. The quantitative estimate of drug-likeness (QED) is 0.183. The number of amides is 1. The second-order valence-electron chi connectivity index (χ2n) is 7.40. The van der Waals surface area contributed by atoms with Crippen molar-refractivity contribution < 1.29 is 24.0 Å². The van der Waals surface area contributed by atoms with Crippen LogP contribution >= 0.6 is 0 Å². The zero-order valence-electron chi connectivity index (χ0n) is 18.8. The Morgan fingerprint density at radius 1 is 1.03 bits per heavy atom. The number of nitro benzene ring substituents is 1. The Morgan fingerprint density at radius 2 is 1.74 bits per heavy atom. The van der Waals surface area contributed by atoms with E-state index in [9.17, 15) is 19.7 Å². The molecule has 0 unspecified atom stereocenters. The van der Waals surface area contributed by atoms with Crippen LogP contribution in [0.25, 0.3) is 0 Å². The second kappa shape index (κ2) is 11.5. The molecule has 0 spiro atoms. The van der Waals surface area contributed by atoms with Crippen molar-refractivity contribution >= 4 is 17.4 Å². The molecule has 34 heavy (non-hydrogen) atoms. The zero-order valence-corrected chi connectivity index (χ0v) is 18.8. The summed E-state index contributed by atoms with van der Waals surface area (Å²) in [7, 11) is 3.19. The predicted molar refractivity (Wildman–Crippen MR) is 123 cm³/mol. The molecule has 1 aromatic heterocycles. The Kier molecular flexibility index (Phi) is 8.22. The number of hydrogen-bond acceptors (Lipinski definition) is 8. The van der Waals surface area contributed by atoms with Gasteiger partial charge in [-0.25, -0.2) is 9.97 Å². The third-order valence-corrected chi connectivity index (χ3v) is 4.96. The predicted octanol–water partition coefficient (Wildman–Crippen LogP) is 3.36. The first-order valence-electron chi connectivity index (χ1n) is 10.5. The molecule has 0 atom stereocenters. The number of benzene rings is 2. The topological polar surface area (TPSA) is 125 Å². The van der Waals surface area contributed by atoms with E-state index in [1.807, 2.05) is 0 Å².